The van der Waals surface area contributed by atoms with Crippen LogP contribution in [0.3, 0.4) is 0 Å². The quantitative estimate of drug-likeness (QED) is 0.695. The van der Waals surface area contributed by atoms with Crippen molar-refractivity contribution in [1.29, 1.82) is 0 Å². The summed E-state index contributed by atoms with van der Waals surface area (Å²) in [5.74, 6) is 1.69. The number of aryl methyl sites for hydroxylation is 1. The smallest absolute Gasteiger partial charge is 0.261 e. The second-order valence-corrected chi connectivity index (χ2v) is 5.96. The molecule has 3 rings (SSSR count). The van der Waals surface area contributed by atoms with Gasteiger partial charge in [-0.3, -0.25) is 0 Å². The van der Waals surface area contributed by atoms with Gasteiger partial charge in [0.15, 0.2) is 5.75 Å². The molecule has 0 amide bonds. The first-order valence-electron chi connectivity index (χ1n) is 5.91. The van der Waals surface area contributed by atoms with E-state index >= 15 is 0 Å². The maximum Gasteiger partial charge on any atom is 0.261 e. The van der Waals surface area contributed by atoms with E-state index in [0.29, 0.717) is 17.5 Å². The van der Waals surface area contributed by atoms with Crippen LogP contribution in [0.2, 0.25) is 0 Å². The number of halogens is 1. The molecular formula is C14H11BrN2O2S. The molecule has 0 aliphatic heterocycles. The minimum Gasteiger partial charge on any atom is -0.494 e. The number of nitrogens with zero attached hydrogens (tertiary/aromatic N) is 2. The first-order valence-corrected chi connectivity index (χ1v) is 7.58. The second kappa shape index (κ2) is 5.38. The highest BCUT2D eigenvalue weighted by molar-refractivity contribution is 9.10. The molecule has 0 fully saturated rings. The molecule has 0 saturated carbocycles. The Kier molecular flexibility index (Phi) is 3.58. The topological polar surface area (TPSA) is 48.2 Å². The lowest BCUT2D eigenvalue weighted by Crippen LogP contribution is -1.83. The average Bonchev–Trinajstić information content (AvgIpc) is 3.06. The number of benzene rings is 1. The number of thiophene rings is 1. The van der Waals surface area contributed by atoms with E-state index in [-0.39, 0.29) is 0 Å². The van der Waals surface area contributed by atoms with Crippen LogP contribution >= 0.6 is 27.3 Å². The number of rotatable bonds is 3. The van der Waals surface area contributed by atoms with Crippen molar-refractivity contribution in [3.63, 3.8) is 0 Å². The lowest BCUT2D eigenvalue weighted by atomic mass is 10.1. The van der Waals surface area contributed by atoms with Gasteiger partial charge in [0.2, 0.25) is 5.89 Å². The van der Waals surface area contributed by atoms with Crippen molar-refractivity contribution in [3.05, 3.63) is 39.7 Å². The van der Waals surface area contributed by atoms with Gasteiger partial charge in [-0.25, -0.2) is 0 Å². The van der Waals surface area contributed by atoms with Gasteiger partial charge in [-0.05, 0) is 35.0 Å². The van der Waals surface area contributed by atoms with Crippen LogP contribution in [0, 0.1) is 6.92 Å². The van der Waals surface area contributed by atoms with Gasteiger partial charge >= 0.3 is 0 Å². The van der Waals surface area contributed by atoms with Gasteiger partial charge in [0.1, 0.15) is 4.88 Å². The zero-order valence-corrected chi connectivity index (χ0v) is 13.3. The van der Waals surface area contributed by atoms with Crippen LogP contribution in [0.1, 0.15) is 5.56 Å². The third-order valence-corrected chi connectivity index (χ3v) is 4.67. The maximum absolute atomic E-state index is 5.74. The zero-order valence-electron chi connectivity index (χ0n) is 10.9. The van der Waals surface area contributed by atoms with E-state index in [1.165, 1.54) is 16.9 Å². The third-order valence-electron chi connectivity index (χ3n) is 2.83. The van der Waals surface area contributed by atoms with Crippen molar-refractivity contribution >= 4 is 27.3 Å². The first-order chi connectivity index (χ1) is 9.69. The normalized spacial score (nSPS) is 10.8. The van der Waals surface area contributed by atoms with Gasteiger partial charge in [0.05, 0.1) is 11.6 Å². The zero-order chi connectivity index (χ0) is 14.1. The molecular weight excluding hydrogens is 340 g/mol. The van der Waals surface area contributed by atoms with Crippen LogP contribution in [0.5, 0.6) is 5.75 Å². The van der Waals surface area contributed by atoms with Crippen molar-refractivity contribution in [2.45, 2.75) is 6.92 Å². The number of hydrogen-bond donors (Lipinski definition) is 0. The minimum atomic E-state index is 0.466. The summed E-state index contributed by atoms with van der Waals surface area (Å²) in [6.45, 7) is 2.04. The van der Waals surface area contributed by atoms with E-state index < -0.39 is 0 Å². The van der Waals surface area contributed by atoms with E-state index in [9.17, 15) is 0 Å². The molecule has 0 aliphatic rings. The molecule has 3 aromatic rings. The fraction of sp³-hybridized carbons (Fsp3) is 0.143. The Morgan fingerprint density at radius 2 is 1.85 bits per heavy atom. The Bertz CT molecular complexity index is 734. The van der Waals surface area contributed by atoms with Crippen molar-refractivity contribution < 1.29 is 9.15 Å². The molecule has 2 aromatic heterocycles. The average molecular weight is 351 g/mol. The van der Waals surface area contributed by atoms with E-state index in [1.54, 1.807) is 7.11 Å². The lowest BCUT2D eigenvalue weighted by molar-refractivity contribution is 0.414. The van der Waals surface area contributed by atoms with Crippen LogP contribution in [-0.4, -0.2) is 17.3 Å². The molecule has 0 aliphatic carbocycles. The van der Waals surface area contributed by atoms with Crippen LogP contribution in [-0.2, 0) is 0 Å². The summed E-state index contributed by atoms with van der Waals surface area (Å²) in [7, 11) is 1.62. The summed E-state index contributed by atoms with van der Waals surface area (Å²) < 4.78 is 12.0. The van der Waals surface area contributed by atoms with Gasteiger partial charge in [-0.15, -0.1) is 21.5 Å². The molecule has 0 bridgehead atoms. The summed E-state index contributed by atoms with van der Waals surface area (Å²) in [6, 6.07) is 7.96. The predicted octanol–water partition coefficient (Wildman–Crippen LogP) is 4.54. The molecule has 2 heterocycles. The minimum absolute atomic E-state index is 0.466. The van der Waals surface area contributed by atoms with Crippen LogP contribution < -0.4 is 4.74 Å². The van der Waals surface area contributed by atoms with Gasteiger partial charge in [-0.2, -0.15) is 0 Å². The Balaban J connectivity index is 1.99. The Labute approximate surface area is 128 Å². The number of aromatic nitrogens is 2. The monoisotopic (exact) mass is 350 g/mol. The molecule has 0 N–H and O–H groups in total. The van der Waals surface area contributed by atoms with Crippen molar-refractivity contribution in [3.8, 4) is 28.0 Å². The molecule has 0 unspecified atom stereocenters. The first kappa shape index (κ1) is 13.3. The summed E-state index contributed by atoms with van der Waals surface area (Å²) in [6.07, 6.45) is 0. The summed E-state index contributed by atoms with van der Waals surface area (Å²) in [4.78, 5) is 0.824. The highest BCUT2D eigenvalue weighted by atomic mass is 79.9. The van der Waals surface area contributed by atoms with Gasteiger partial charge in [0, 0.05) is 10.9 Å². The van der Waals surface area contributed by atoms with Crippen LogP contribution in [0.4, 0.5) is 0 Å². The molecule has 0 spiro atoms. The largest absolute Gasteiger partial charge is 0.494 e. The molecule has 0 saturated heterocycles. The fourth-order valence-corrected chi connectivity index (χ4v) is 3.38. The summed E-state index contributed by atoms with van der Waals surface area (Å²) in [5.41, 5.74) is 2.10. The van der Waals surface area contributed by atoms with E-state index in [4.69, 9.17) is 9.15 Å². The van der Waals surface area contributed by atoms with Gasteiger partial charge in [-0.1, -0.05) is 17.7 Å². The van der Waals surface area contributed by atoms with Crippen LogP contribution in [0.15, 0.2) is 38.5 Å². The SMILES string of the molecule is COc1c(Br)csc1-c1nnc(-c2ccc(C)cc2)o1. The molecule has 0 radical (unpaired) electrons. The summed E-state index contributed by atoms with van der Waals surface area (Å²) >= 11 is 4.93. The molecule has 20 heavy (non-hydrogen) atoms. The number of methoxy groups -OCH3 is 1. The lowest BCUT2D eigenvalue weighted by Gasteiger charge is -1.99. The van der Waals surface area contributed by atoms with Crippen molar-refractivity contribution in [2.75, 3.05) is 7.11 Å². The van der Waals surface area contributed by atoms with Crippen molar-refractivity contribution in [2.24, 2.45) is 0 Å². The highest BCUT2D eigenvalue weighted by Gasteiger charge is 2.18. The number of hydrogen-bond acceptors (Lipinski definition) is 5. The Morgan fingerprint density at radius 1 is 1.15 bits per heavy atom. The number of ether oxygens (including phenoxy) is 1. The molecule has 102 valence electrons. The summed E-state index contributed by atoms with van der Waals surface area (Å²) in [5, 5.41) is 10.1. The second-order valence-electron chi connectivity index (χ2n) is 4.22. The van der Waals surface area contributed by atoms with E-state index in [1.807, 2.05) is 36.6 Å². The van der Waals surface area contributed by atoms with Crippen LogP contribution in [0.25, 0.3) is 22.2 Å². The standard InChI is InChI=1S/C14H11BrN2O2S/c1-8-3-5-9(6-4-8)13-16-17-14(19-13)12-11(18-2)10(15)7-20-12/h3-7H,1-2H3. The Morgan fingerprint density at radius 3 is 2.55 bits per heavy atom. The van der Waals surface area contributed by atoms with Gasteiger partial charge < -0.3 is 9.15 Å². The van der Waals surface area contributed by atoms with E-state index in [0.717, 1.165) is 14.9 Å². The molecule has 4 nitrogen and oxygen atoms in total. The fourth-order valence-electron chi connectivity index (χ4n) is 1.79. The van der Waals surface area contributed by atoms with E-state index in [2.05, 4.69) is 26.1 Å². The highest BCUT2D eigenvalue weighted by Crippen LogP contribution is 2.41. The molecule has 6 heteroatoms. The van der Waals surface area contributed by atoms with Gasteiger partial charge in [0.25, 0.3) is 5.89 Å². The molecule has 1 aromatic carbocycles. The maximum atomic E-state index is 5.74. The Hall–Kier alpha value is -1.66. The van der Waals surface area contributed by atoms with Crippen molar-refractivity contribution in [1.82, 2.24) is 10.2 Å². The predicted molar refractivity (Wildman–Crippen MR) is 82.0 cm³/mol. The third kappa shape index (κ3) is 2.36. The molecule has 0 atom stereocenters.